The summed E-state index contributed by atoms with van der Waals surface area (Å²) < 4.78 is 0. The van der Waals surface area contributed by atoms with E-state index in [1.165, 1.54) is 6.42 Å². The molecular weight excluding hydrogens is 248 g/mol. The van der Waals surface area contributed by atoms with E-state index < -0.39 is 0 Å². The van der Waals surface area contributed by atoms with E-state index in [9.17, 15) is 9.59 Å². The van der Waals surface area contributed by atoms with Crippen molar-refractivity contribution in [2.24, 2.45) is 23.2 Å². The van der Waals surface area contributed by atoms with E-state index in [1.54, 1.807) is 11.1 Å². The average molecular weight is 272 g/mol. The highest BCUT2D eigenvalue weighted by atomic mass is 16.1. The fourth-order valence-corrected chi connectivity index (χ4v) is 5.71. The number of allylic oxidation sites excluding steroid dienone is 2. The topological polar surface area (TPSA) is 34.1 Å². The molecule has 0 aromatic rings. The first-order chi connectivity index (χ1) is 9.59. The first kappa shape index (κ1) is 12.8. The Kier molecular flexibility index (Phi) is 2.74. The molecule has 0 aliphatic heterocycles. The van der Waals surface area contributed by atoms with Gasteiger partial charge >= 0.3 is 0 Å². The monoisotopic (exact) mass is 272 g/mol. The summed E-state index contributed by atoms with van der Waals surface area (Å²) in [5.41, 5.74) is 3.61. The number of fused-ring (bicyclic) bond motifs is 4. The number of carbonyl (C=O) groups is 2. The van der Waals surface area contributed by atoms with Crippen LogP contribution in [0.1, 0.15) is 64.7 Å². The molecule has 0 amide bonds. The van der Waals surface area contributed by atoms with Crippen molar-refractivity contribution in [3.63, 3.8) is 0 Å². The zero-order chi connectivity index (χ0) is 13.9. The Morgan fingerprint density at radius 1 is 0.950 bits per heavy atom. The summed E-state index contributed by atoms with van der Waals surface area (Å²) in [6.07, 6.45) is 9.10. The maximum absolute atomic E-state index is 12.0. The number of Topliss-reactive ketones (excluding diaryl/α,β-unsaturated/α-hetero) is 2. The molecule has 0 aromatic carbocycles. The van der Waals surface area contributed by atoms with Crippen molar-refractivity contribution in [2.75, 3.05) is 0 Å². The van der Waals surface area contributed by atoms with Crippen LogP contribution in [-0.4, -0.2) is 11.6 Å². The SMILES string of the molecule is C[C@]12CCC(=O)C[C@@H]1CCC1=C2CC[C@H]2C(=O)CC[C@H]12. The maximum atomic E-state index is 12.0. The van der Waals surface area contributed by atoms with E-state index in [2.05, 4.69) is 6.92 Å². The Morgan fingerprint density at radius 3 is 2.60 bits per heavy atom. The summed E-state index contributed by atoms with van der Waals surface area (Å²) in [5.74, 6) is 2.49. The Bertz CT molecular complexity index is 516. The molecule has 0 unspecified atom stereocenters. The predicted molar refractivity (Wildman–Crippen MR) is 77.2 cm³/mol. The van der Waals surface area contributed by atoms with Gasteiger partial charge in [-0.2, -0.15) is 0 Å². The molecule has 0 spiro atoms. The molecule has 20 heavy (non-hydrogen) atoms. The van der Waals surface area contributed by atoms with Crippen LogP contribution in [-0.2, 0) is 9.59 Å². The molecule has 0 aromatic heterocycles. The fraction of sp³-hybridized carbons (Fsp3) is 0.778. The van der Waals surface area contributed by atoms with Gasteiger partial charge in [-0.05, 0) is 55.8 Å². The summed E-state index contributed by atoms with van der Waals surface area (Å²) in [7, 11) is 0. The van der Waals surface area contributed by atoms with Crippen molar-refractivity contribution in [3.8, 4) is 0 Å². The summed E-state index contributed by atoms with van der Waals surface area (Å²) in [4.78, 5) is 23.8. The van der Waals surface area contributed by atoms with Gasteiger partial charge in [0.1, 0.15) is 11.6 Å². The molecule has 2 heteroatoms. The molecular formula is C18H24O2. The van der Waals surface area contributed by atoms with Gasteiger partial charge in [-0.1, -0.05) is 18.1 Å². The van der Waals surface area contributed by atoms with Crippen molar-refractivity contribution < 1.29 is 9.59 Å². The van der Waals surface area contributed by atoms with Gasteiger partial charge in [0, 0.05) is 25.2 Å². The van der Waals surface area contributed by atoms with Crippen LogP contribution in [0.15, 0.2) is 11.1 Å². The molecule has 108 valence electrons. The van der Waals surface area contributed by atoms with Crippen LogP contribution < -0.4 is 0 Å². The molecule has 2 fully saturated rings. The minimum Gasteiger partial charge on any atom is -0.300 e. The van der Waals surface area contributed by atoms with E-state index in [0.717, 1.165) is 51.4 Å². The second-order valence-corrected chi connectivity index (χ2v) is 7.66. The predicted octanol–water partition coefficient (Wildman–Crippen LogP) is 3.84. The second-order valence-electron chi connectivity index (χ2n) is 7.66. The van der Waals surface area contributed by atoms with Gasteiger partial charge in [0.05, 0.1) is 0 Å². The molecule has 4 atom stereocenters. The van der Waals surface area contributed by atoms with Crippen molar-refractivity contribution >= 4 is 11.6 Å². The number of hydrogen-bond acceptors (Lipinski definition) is 2. The first-order valence-electron chi connectivity index (χ1n) is 8.36. The highest BCUT2D eigenvalue weighted by molar-refractivity contribution is 5.84. The van der Waals surface area contributed by atoms with Gasteiger partial charge in [0.2, 0.25) is 0 Å². The molecule has 0 N–H and O–H groups in total. The van der Waals surface area contributed by atoms with E-state index in [-0.39, 0.29) is 5.41 Å². The fourth-order valence-electron chi connectivity index (χ4n) is 5.71. The largest absolute Gasteiger partial charge is 0.300 e. The van der Waals surface area contributed by atoms with Crippen LogP contribution in [0, 0.1) is 23.2 Å². The van der Waals surface area contributed by atoms with Gasteiger partial charge in [-0.3, -0.25) is 9.59 Å². The minimum absolute atomic E-state index is 0.276. The van der Waals surface area contributed by atoms with Crippen molar-refractivity contribution in [2.45, 2.75) is 64.7 Å². The van der Waals surface area contributed by atoms with E-state index in [0.29, 0.717) is 29.3 Å². The van der Waals surface area contributed by atoms with Crippen LogP contribution >= 0.6 is 0 Å². The standard InChI is InChI=1S/C18H24O2/c1-18-9-8-12(19)10-11(18)2-3-14-13-5-7-17(20)15(13)4-6-16(14)18/h11,13,15H,2-10H2,1H3/t11-,13+,15+,18-/m0/s1. The molecule has 0 radical (unpaired) electrons. The third kappa shape index (κ3) is 1.63. The highest BCUT2D eigenvalue weighted by Crippen LogP contribution is 2.59. The summed E-state index contributed by atoms with van der Waals surface area (Å²) in [5, 5.41) is 0. The van der Waals surface area contributed by atoms with Gasteiger partial charge < -0.3 is 0 Å². The lowest BCUT2D eigenvalue weighted by atomic mass is 9.54. The van der Waals surface area contributed by atoms with Gasteiger partial charge in [-0.25, -0.2) is 0 Å². The van der Waals surface area contributed by atoms with Crippen molar-refractivity contribution in [1.29, 1.82) is 0 Å². The lowest BCUT2D eigenvalue weighted by molar-refractivity contribution is -0.124. The molecule has 4 rings (SSSR count). The zero-order valence-corrected chi connectivity index (χ0v) is 12.4. The number of hydrogen-bond donors (Lipinski definition) is 0. The smallest absolute Gasteiger partial charge is 0.136 e. The van der Waals surface area contributed by atoms with E-state index in [4.69, 9.17) is 0 Å². The quantitative estimate of drug-likeness (QED) is 0.628. The third-order valence-electron chi connectivity index (χ3n) is 6.89. The minimum atomic E-state index is 0.276. The number of ketones is 2. The first-order valence-corrected chi connectivity index (χ1v) is 8.36. The lowest BCUT2D eigenvalue weighted by Crippen LogP contribution is -2.42. The summed E-state index contributed by atoms with van der Waals surface area (Å²) in [6.45, 7) is 2.41. The molecule has 0 bridgehead atoms. The highest BCUT2D eigenvalue weighted by Gasteiger charge is 2.50. The molecule has 2 saturated carbocycles. The molecule has 4 aliphatic carbocycles. The Labute approximate surface area is 121 Å². The Balaban J connectivity index is 1.73. The van der Waals surface area contributed by atoms with Crippen LogP contribution in [0.5, 0.6) is 0 Å². The van der Waals surface area contributed by atoms with Gasteiger partial charge in [0.15, 0.2) is 0 Å². The van der Waals surface area contributed by atoms with Gasteiger partial charge in [0.25, 0.3) is 0 Å². The normalized spacial score (nSPS) is 44.1. The molecule has 0 saturated heterocycles. The maximum Gasteiger partial charge on any atom is 0.136 e. The summed E-state index contributed by atoms with van der Waals surface area (Å²) >= 11 is 0. The summed E-state index contributed by atoms with van der Waals surface area (Å²) in [6, 6.07) is 0. The zero-order valence-electron chi connectivity index (χ0n) is 12.4. The van der Waals surface area contributed by atoms with Crippen LogP contribution in [0.2, 0.25) is 0 Å². The van der Waals surface area contributed by atoms with Crippen molar-refractivity contribution in [1.82, 2.24) is 0 Å². The molecule has 2 nitrogen and oxygen atoms in total. The lowest BCUT2D eigenvalue weighted by Gasteiger charge is -2.50. The van der Waals surface area contributed by atoms with Gasteiger partial charge in [-0.15, -0.1) is 0 Å². The van der Waals surface area contributed by atoms with Crippen molar-refractivity contribution in [3.05, 3.63) is 11.1 Å². The van der Waals surface area contributed by atoms with E-state index in [1.807, 2.05) is 0 Å². The second kappa shape index (κ2) is 4.29. The van der Waals surface area contributed by atoms with E-state index >= 15 is 0 Å². The third-order valence-corrected chi connectivity index (χ3v) is 6.89. The molecule has 4 aliphatic rings. The Morgan fingerprint density at radius 2 is 1.75 bits per heavy atom. The number of carbonyl (C=O) groups excluding carboxylic acids is 2. The van der Waals surface area contributed by atoms with Crippen LogP contribution in [0.4, 0.5) is 0 Å². The van der Waals surface area contributed by atoms with Crippen LogP contribution in [0.3, 0.4) is 0 Å². The molecule has 0 heterocycles. The van der Waals surface area contributed by atoms with Crippen LogP contribution in [0.25, 0.3) is 0 Å². The Hall–Kier alpha value is -0.920. The average Bonchev–Trinajstić information content (AvgIpc) is 2.82. The number of rotatable bonds is 0.